The van der Waals surface area contributed by atoms with Crippen LogP contribution in [-0.2, 0) is 6.42 Å². The molecule has 1 aliphatic rings. The monoisotopic (exact) mass is 322 g/mol. The lowest BCUT2D eigenvalue weighted by Crippen LogP contribution is -2.23. The molecule has 0 unspecified atom stereocenters. The van der Waals surface area contributed by atoms with Gasteiger partial charge in [0.25, 0.3) is 0 Å². The maximum absolute atomic E-state index is 12.8. The van der Waals surface area contributed by atoms with Crippen molar-refractivity contribution in [1.29, 1.82) is 0 Å². The van der Waals surface area contributed by atoms with E-state index in [4.69, 9.17) is 4.74 Å². The Morgan fingerprint density at radius 1 is 1.08 bits per heavy atom. The summed E-state index contributed by atoms with van der Waals surface area (Å²) in [7, 11) is 1.33. The van der Waals surface area contributed by atoms with Gasteiger partial charge >= 0.3 is 0 Å². The van der Waals surface area contributed by atoms with Gasteiger partial charge in [-0.05, 0) is 30.2 Å². The van der Waals surface area contributed by atoms with Crippen LogP contribution in [0, 0.1) is 0 Å². The van der Waals surface area contributed by atoms with Gasteiger partial charge < -0.3 is 9.84 Å². The molecule has 24 heavy (non-hydrogen) atoms. The van der Waals surface area contributed by atoms with Crippen molar-refractivity contribution in [3.8, 4) is 11.5 Å². The van der Waals surface area contributed by atoms with Crippen LogP contribution in [0.3, 0.4) is 0 Å². The molecule has 1 N–H and O–H groups in total. The number of phenols is 1. The third-order valence-corrected chi connectivity index (χ3v) is 4.09. The molecule has 3 rings (SSSR count). The summed E-state index contributed by atoms with van der Waals surface area (Å²) in [5.41, 5.74) is 0.946. The first kappa shape index (κ1) is 15.7. The van der Waals surface area contributed by atoms with E-state index in [0.29, 0.717) is 18.3 Å². The van der Waals surface area contributed by atoms with Crippen LogP contribution in [0.15, 0.2) is 36.9 Å². The Kier molecular flexibility index (Phi) is 3.77. The van der Waals surface area contributed by atoms with E-state index < -0.39 is 11.6 Å². The summed E-state index contributed by atoms with van der Waals surface area (Å²) in [6.45, 7) is 3.61. The summed E-state index contributed by atoms with van der Waals surface area (Å²) in [6, 6.07) is 5.92. The van der Waals surface area contributed by atoms with Crippen LogP contribution in [-0.4, -0.2) is 30.1 Å². The van der Waals surface area contributed by atoms with Gasteiger partial charge in [0.1, 0.15) is 11.5 Å². The van der Waals surface area contributed by atoms with Crippen molar-refractivity contribution in [2.75, 3.05) is 7.11 Å². The fraction of sp³-hybridized carbons (Fsp3) is 0.105. The molecule has 0 amide bonds. The quantitative estimate of drug-likeness (QED) is 0.590. The molecule has 2 aromatic carbocycles. The maximum Gasteiger partial charge on any atom is 0.198 e. The van der Waals surface area contributed by atoms with Gasteiger partial charge in [-0.3, -0.25) is 14.4 Å². The van der Waals surface area contributed by atoms with E-state index in [-0.39, 0.29) is 39.3 Å². The highest BCUT2D eigenvalue weighted by Gasteiger charge is 2.35. The SMILES string of the molecule is C=CCc1ccc2c(c1O)C(=O)c1ccc(C=O)c(OC)c1C2=O. The molecule has 5 nitrogen and oxygen atoms in total. The number of phenolic OH excluding ortho intramolecular Hbond substituents is 1. The predicted octanol–water partition coefficient (Wildman–Crippen LogP) is 2.72. The zero-order valence-corrected chi connectivity index (χ0v) is 13.0. The lowest BCUT2D eigenvalue weighted by Gasteiger charge is -2.22. The molecule has 5 heteroatoms. The number of methoxy groups -OCH3 is 1. The molecule has 0 spiro atoms. The largest absolute Gasteiger partial charge is 0.507 e. The number of ketones is 2. The van der Waals surface area contributed by atoms with Gasteiger partial charge in [-0.25, -0.2) is 0 Å². The number of carbonyl (C=O) groups excluding carboxylic acids is 3. The van der Waals surface area contributed by atoms with E-state index in [1.807, 2.05) is 0 Å². The Morgan fingerprint density at radius 3 is 2.33 bits per heavy atom. The first-order chi connectivity index (χ1) is 11.5. The molecule has 2 aromatic rings. The van der Waals surface area contributed by atoms with E-state index in [2.05, 4.69) is 6.58 Å². The van der Waals surface area contributed by atoms with E-state index in [1.165, 1.54) is 25.3 Å². The van der Waals surface area contributed by atoms with Crippen LogP contribution < -0.4 is 4.74 Å². The first-order valence-electron chi connectivity index (χ1n) is 7.26. The van der Waals surface area contributed by atoms with E-state index >= 15 is 0 Å². The van der Waals surface area contributed by atoms with Gasteiger partial charge in [-0.1, -0.05) is 12.1 Å². The molecular weight excluding hydrogens is 308 g/mol. The fourth-order valence-corrected chi connectivity index (χ4v) is 2.97. The lowest BCUT2D eigenvalue weighted by molar-refractivity contribution is 0.0973. The molecular formula is C19H14O5. The zero-order valence-electron chi connectivity index (χ0n) is 13.0. The molecule has 0 atom stereocenters. The normalized spacial score (nSPS) is 12.4. The highest BCUT2D eigenvalue weighted by Crippen LogP contribution is 2.39. The average molecular weight is 322 g/mol. The number of rotatable bonds is 4. The first-order valence-corrected chi connectivity index (χ1v) is 7.26. The summed E-state index contributed by atoms with van der Waals surface area (Å²) < 4.78 is 5.18. The number of aldehydes is 1. The summed E-state index contributed by atoms with van der Waals surface area (Å²) >= 11 is 0. The van der Waals surface area contributed by atoms with Crippen molar-refractivity contribution < 1.29 is 24.2 Å². The summed E-state index contributed by atoms with van der Waals surface area (Å²) in [6.07, 6.45) is 2.54. The Hall–Kier alpha value is -3.21. The third-order valence-electron chi connectivity index (χ3n) is 4.09. The van der Waals surface area contributed by atoms with Crippen molar-refractivity contribution in [3.05, 3.63) is 70.3 Å². The Bertz CT molecular complexity index is 908. The van der Waals surface area contributed by atoms with Crippen molar-refractivity contribution in [2.45, 2.75) is 6.42 Å². The van der Waals surface area contributed by atoms with Gasteiger partial charge in [0, 0.05) is 11.1 Å². The van der Waals surface area contributed by atoms with E-state index in [9.17, 15) is 19.5 Å². The number of hydrogen-bond acceptors (Lipinski definition) is 5. The number of allylic oxidation sites excluding steroid dienone is 1. The third kappa shape index (κ3) is 2.06. The molecule has 0 bridgehead atoms. The Balaban J connectivity index is 2.31. The van der Waals surface area contributed by atoms with Crippen LogP contribution in [0.2, 0.25) is 0 Å². The minimum absolute atomic E-state index is 0.0206. The molecule has 120 valence electrons. The second-order valence-electron chi connectivity index (χ2n) is 5.38. The van der Waals surface area contributed by atoms with Gasteiger partial charge in [0.05, 0.1) is 23.8 Å². The average Bonchev–Trinajstić information content (AvgIpc) is 2.60. The van der Waals surface area contributed by atoms with Gasteiger partial charge in [-0.15, -0.1) is 6.58 Å². The molecule has 0 fully saturated rings. The zero-order chi connectivity index (χ0) is 17.4. The van der Waals surface area contributed by atoms with Crippen LogP contribution in [0.5, 0.6) is 11.5 Å². The lowest BCUT2D eigenvalue weighted by atomic mass is 9.81. The topological polar surface area (TPSA) is 80.7 Å². The highest BCUT2D eigenvalue weighted by molar-refractivity contribution is 6.30. The highest BCUT2D eigenvalue weighted by atomic mass is 16.5. The van der Waals surface area contributed by atoms with Crippen LogP contribution in [0.4, 0.5) is 0 Å². The van der Waals surface area contributed by atoms with Crippen LogP contribution in [0.1, 0.15) is 47.8 Å². The van der Waals surface area contributed by atoms with Crippen molar-refractivity contribution in [1.82, 2.24) is 0 Å². The summed E-state index contributed by atoms with van der Waals surface area (Å²) in [5, 5.41) is 10.4. The number of hydrogen-bond donors (Lipinski definition) is 1. The molecule has 1 aliphatic carbocycles. The summed E-state index contributed by atoms with van der Waals surface area (Å²) in [5.74, 6) is -1.07. The number of carbonyl (C=O) groups is 3. The number of fused-ring (bicyclic) bond motifs is 2. The minimum Gasteiger partial charge on any atom is -0.507 e. The van der Waals surface area contributed by atoms with Crippen LogP contribution in [0.25, 0.3) is 0 Å². The van der Waals surface area contributed by atoms with Crippen LogP contribution >= 0.6 is 0 Å². The van der Waals surface area contributed by atoms with Gasteiger partial charge in [-0.2, -0.15) is 0 Å². The molecule has 0 radical (unpaired) electrons. The Morgan fingerprint density at radius 2 is 1.71 bits per heavy atom. The minimum atomic E-state index is -0.473. The van der Waals surface area contributed by atoms with Gasteiger partial charge in [0.2, 0.25) is 0 Å². The number of benzene rings is 2. The molecule has 0 aromatic heterocycles. The van der Waals surface area contributed by atoms with E-state index in [0.717, 1.165) is 0 Å². The number of ether oxygens (including phenoxy) is 1. The van der Waals surface area contributed by atoms with Crippen molar-refractivity contribution >= 4 is 17.9 Å². The standard InChI is InChI=1S/C19H14O5/c1-3-4-10-5-7-12-14(16(10)21)17(22)13-8-6-11(9-20)19(24-2)15(13)18(12)23/h3,5-9,21H,1,4H2,2H3. The molecule has 0 saturated heterocycles. The molecule has 0 aliphatic heterocycles. The summed E-state index contributed by atoms with van der Waals surface area (Å²) in [4.78, 5) is 36.8. The Labute approximate surface area is 138 Å². The smallest absolute Gasteiger partial charge is 0.198 e. The molecule has 0 saturated carbocycles. The predicted molar refractivity (Wildman–Crippen MR) is 87.3 cm³/mol. The second kappa shape index (κ2) is 5.77. The number of aromatic hydroxyl groups is 1. The van der Waals surface area contributed by atoms with Gasteiger partial charge in [0.15, 0.2) is 17.9 Å². The van der Waals surface area contributed by atoms with Crippen molar-refractivity contribution in [2.24, 2.45) is 0 Å². The molecule has 0 heterocycles. The fourth-order valence-electron chi connectivity index (χ4n) is 2.97. The second-order valence-corrected chi connectivity index (χ2v) is 5.38. The van der Waals surface area contributed by atoms with Crippen molar-refractivity contribution in [3.63, 3.8) is 0 Å². The maximum atomic E-state index is 12.8. The van der Waals surface area contributed by atoms with E-state index in [1.54, 1.807) is 12.1 Å².